The first-order chi connectivity index (χ1) is 5.24. The second-order valence-corrected chi connectivity index (χ2v) is 1.90. The lowest BCUT2D eigenvalue weighted by molar-refractivity contribution is 0.254. The molecule has 0 spiro atoms. The van der Waals surface area contributed by atoms with E-state index in [0.717, 1.165) is 0 Å². The lowest BCUT2D eigenvalue weighted by Crippen LogP contribution is -2.25. The summed E-state index contributed by atoms with van der Waals surface area (Å²) in [5, 5.41) is 11.0. The van der Waals surface area contributed by atoms with Crippen molar-refractivity contribution in [2.24, 2.45) is 0 Å². The molecule has 0 saturated heterocycles. The zero-order chi connectivity index (χ0) is 8.27. The molecule has 6 heteroatoms. The van der Waals surface area contributed by atoms with Gasteiger partial charge in [0.05, 0.1) is 11.9 Å². The van der Waals surface area contributed by atoms with Gasteiger partial charge in [-0.05, 0) is 0 Å². The van der Waals surface area contributed by atoms with Gasteiger partial charge in [0.1, 0.15) is 0 Å². The molecular formula is C5H9N5O. The van der Waals surface area contributed by atoms with Gasteiger partial charge in [-0.1, -0.05) is 0 Å². The Bertz CT molecular complexity index is 255. The maximum absolute atomic E-state index is 10.7. The van der Waals surface area contributed by atoms with E-state index in [4.69, 9.17) is 5.73 Å². The number of urea groups is 1. The molecule has 1 rings (SSSR count). The molecule has 2 amide bonds. The molecule has 0 fully saturated rings. The highest BCUT2D eigenvalue weighted by Gasteiger charge is 2.02. The van der Waals surface area contributed by atoms with Crippen LogP contribution < -0.4 is 16.4 Å². The summed E-state index contributed by atoms with van der Waals surface area (Å²) < 4.78 is 0. The molecule has 1 aromatic heterocycles. The number of nitrogens with zero attached hydrogens (tertiary/aromatic N) is 1. The number of nitrogens with one attached hydrogen (secondary N) is 3. The van der Waals surface area contributed by atoms with E-state index in [1.165, 1.54) is 13.2 Å². The Labute approximate surface area is 63.2 Å². The molecule has 0 aliphatic carbocycles. The van der Waals surface area contributed by atoms with E-state index in [1.807, 2.05) is 0 Å². The number of amides is 2. The number of aromatic amines is 1. The molecular weight excluding hydrogens is 146 g/mol. The van der Waals surface area contributed by atoms with Crippen molar-refractivity contribution in [1.82, 2.24) is 15.5 Å². The zero-order valence-electron chi connectivity index (χ0n) is 6.01. The van der Waals surface area contributed by atoms with Gasteiger partial charge in [-0.2, -0.15) is 5.10 Å². The fraction of sp³-hybridized carbons (Fsp3) is 0.200. The molecule has 0 unspecified atom stereocenters. The first-order valence-corrected chi connectivity index (χ1v) is 3.01. The quantitative estimate of drug-likeness (QED) is 0.450. The third kappa shape index (κ3) is 1.60. The molecule has 0 bridgehead atoms. The molecule has 6 nitrogen and oxygen atoms in total. The molecule has 11 heavy (non-hydrogen) atoms. The van der Waals surface area contributed by atoms with Crippen LogP contribution in [0.15, 0.2) is 6.20 Å². The van der Waals surface area contributed by atoms with E-state index in [1.54, 1.807) is 0 Å². The largest absolute Gasteiger partial charge is 0.394 e. The van der Waals surface area contributed by atoms with E-state index in [2.05, 4.69) is 20.8 Å². The van der Waals surface area contributed by atoms with Gasteiger partial charge in [0.15, 0.2) is 5.82 Å². The smallest absolute Gasteiger partial charge is 0.320 e. The maximum Gasteiger partial charge on any atom is 0.320 e. The van der Waals surface area contributed by atoms with Crippen LogP contribution in [0, 0.1) is 0 Å². The molecule has 0 saturated carbocycles. The fourth-order valence-corrected chi connectivity index (χ4v) is 0.572. The Kier molecular flexibility index (Phi) is 1.95. The second kappa shape index (κ2) is 2.91. The van der Waals surface area contributed by atoms with Crippen LogP contribution in [0.4, 0.5) is 16.3 Å². The highest BCUT2D eigenvalue weighted by Crippen LogP contribution is 2.11. The van der Waals surface area contributed by atoms with Crippen molar-refractivity contribution < 1.29 is 4.79 Å². The first kappa shape index (κ1) is 7.39. The Hall–Kier alpha value is -1.72. The number of carbonyl (C=O) groups is 1. The molecule has 0 radical (unpaired) electrons. The summed E-state index contributed by atoms with van der Waals surface area (Å²) in [6.07, 6.45) is 1.42. The number of rotatable bonds is 1. The minimum atomic E-state index is -0.332. The SMILES string of the molecule is CNC(=O)Nc1[nH]ncc1N. The van der Waals surface area contributed by atoms with Crippen molar-refractivity contribution in [2.45, 2.75) is 0 Å². The third-order valence-corrected chi connectivity index (χ3v) is 1.13. The highest BCUT2D eigenvalue weighted by molar-refractivity contribution is 5.90. The van der Waals surface area contributed by atoms with Gasteiger partial charge < -0.3 is 11.1 Å². The summed E-state index contributed by atoms with van der Waals surface area (Å²) in [6.45, 7) is 0. The molecule has 0 atom stereocenters. The number of nitrogens with two attached hydrogens (primary N) is 1. The number of anilines is 2. The molecule has 60 valence electrons. The minimum Gasteiger partial charge on any atom is -0.394 e. The molecule has 5 N–H and O–H groups in total. The van der Waals surface area contributed by atoms with Gasteiger partial charge in [0, 0.05) is 7.05 Å². The summed E-state index contributed by atoms with van der Waals surface area (Å²) in [7, 11) is 1.52. The number of carbonyl (C=O) groups excluding carboxylic acids is 1. The molecule has 0 aliphatic rings. The average Bonchev–Trinajstić information content (AvgIpc) is 2.37. The van der Waals surface area contributed by atoms with Gasteiger partial charge >= 0.3 is 6.03 Å². The van der Waals surface area contributed by atoms with Crippen molar-refractivity contribution in [3.8, 4) is 0 Å². The van der Waals surface area contributed by atoms with Crippen molar-refractivity contribution in [2.75, 3.05) is 18.1 Å². The minimum absolute atomic E-state index is 0.332. The van der Waals surface area contributed by atoms with Gasteiger partial charge in [-0.25, -0.2) is 4.79 Å². The van der Waals surface area contributed by atoms with Crippen molar-refractivity contribution in [3.63, 3.8) is 0 Å². The van der Waals surface area contributed by atoms with E-state index in [-0.39, 0.29) is 6.03 Å². The molecule has 1 heterocycles. The first-order valence-electron chi connectivity index (χ1n) is 3.01. The van der Waals surface area contributed by atoms with Gasteiger partial charge in [0.2, 0.25) is 0 Å². The standard InChI is InChI=1S/C5H9N5O/c1-7-5(11)9-4-3(6)2-8-10-4/h2H,6H2,1H3,(H3,7,8,9,10,11). The monoisotopic (exact) mass is 155 g/mol. The predicted octanol–water partition coefficient (Wildman–Crippen LogP) is -0.257. The van der Waals surface area contributed by atoms with Crippen LogP contribution in [0.1, 0.15) is 0 Å². The van der Waals surface area contributed by atoms with Crippen LogP contribution in [-0.4, -0.2) is 23.3 Å². The summed E-state index contributed by atoms with van der Waals surface area (Å²) >= 11 is 0. The maximum atomic E-state index is 10.7. The van der Waals surface area contributed by atoms with Crippen LogP contribution in [0.2, 0.25) is 0 Å². The second-order valence-electron chi connectivity index (χ2n) is 1.90. The Morgan fingerprint density at radius 2 is 2.55 bits per heavy atom. The summed E-state index contributed by atoms with van der Waals surface area (Å²) in [5.74, 6) is 0.407. The van der Waals surface area contributed by atoms with E-state index >= 15 is 0 Å². The van der Waals surface area contributed by atoms with Crippen molar-refractivity contribution in [3.05, 3.63) is 6.20 Å². The van der Waals surface area contributed by atoms with Crippen LogP contribution >= 0.6 is 0 Å². The van der Waals surface area contributed by atoms with Crippen LogP contribution in [0.5, 0.6) is 0 Å². The van der Waals surface area contributed by atoms with Crippen molar-refractivity contribution >= 4 is 17.5 Å². The molecule has 0 aliphatic heterocycles. The topological polar surface area (TPSA) is 95.8 Å². The lowest BCUT2D eigenvalue weighted by atomic mass is 10.5. The Morgan fingerprint density at radius 3 is 3.00 bits per heavy atom. The summed E-state index contributed by atoms with van der Waals surface area (Å²) in [5.41, 5.74) is 5.82. The Morgan fingerprint density at radius 1 is 1.82 bits per heavy atom. The third-order valence-electron chi connectivity index (χ3n) is 1.13. The van der Waals surface area contributed by atoms with Crippen LogP contribution in [-0.2, 0) is 0 Å². The van der Waals surface area contributed by atoms with Crippen molar-refractivity contribution in [1.29, 1.82) is 0 Å². The number of H-pyrrole nitrogens is 1. The van der Waals surface area contributed by atoms with Crippen LogP contribution in [0.25, 0.3) is 0 Å². The van der Waals surface area contributed by atoms with Gasteiger partial charge in [0.25, 0.3) is 0 Å². The normalized spacial score (nSPS) is 9.18. The number of hydrogen-bond acceptors (Lipinski definition) is 3. The number of nitrogen functional groups attached to an aromatic ring is 1. The molecule has 0 aromatic carbocycles. The zero-order valence-corrected chi connectivity index (χ0v) is 6.01. The number of aromatic nitrogens is 2. The van der Waals surface area contributed by atoms with Crippen LogP contribution in [0.3, 0.4) is 0 Å². The van der Waals surface area contributed by atoms with Gasteiger partial charge in [-0.3, -0.25) is 10.4 Å². The fourth-order valence-electron chi connectivity index (χ4n) is 0.572. The summed E-state index contributed by atoms with van der Waals surface area (Å²) in [4.78, 5) is 10.7. The Balaban J connectivity index is 2.64. The van der Waals surface area contributed by atoms with E-state index < -0.39 is 0 Å². The molecule has 1 aromatic rings. The lowest BCUT2D eigenvalue weighted by Gasteiger charge is -2.00. The van der Waals surface area contributed by atoms with E-state index in [9.17, 15) is 4.79 Å². The average molecular weight is 155 g/mol. The predicted molar refractivity (Wildman–Crippen MR) is 41.1 cm³/mol. The van der Waals surface area contributed by atoms with Gasteiger partial charge in [-0.15, -0.1) is 0 Å². The number of hydrogen-bond donors (Lipinski definition) is 4. The van der Waals surface area contributed by atoms with E-state index in [0.29, 0.717) is 11.5 Å². The summed E-state index contributed by atoms with van der Waals surface area (Å²) in [6, 6.07) is -0.332. The highest BCUT2D eigenvalue weighted by atomic mass is 16.2.